The number of halogens is 4. The second-order valence-electron chi connectivity index (χ2n) is 13.3. The van der Waals surface area contributed by atoms with Gasteiger partial charge in [-0.05, 0) is 49.2 Å². The molecule has 3 aromatic carbocycles. The molecule has 1 aromatic heterocycles. The molecule has 3 unspecified atom stereocenters. The zero-order valence-corrected chi connectivity index (χ0v) is 25.0. The van der Waals surface area contributed by atoms with Crippen LogP contribution in [-0.2, 0) is 0 Å². The highest BCUT2D eigenvalue weighted by Crippen LogP contribution is 2.48. The molecule has 9 rings (SSSR count). The van der Waals surface area contributed by atoms with Crippen LogP contribution < -0.4 is 19.7 Å². The summed E-state index contributed by atoms with van der Waals surface area (Å²) in [5.74, 6) is 0.0104. The number of ether oxygens (including phenoxy) is 2. The van der Waals surface area contributed by atoms with Crippen LogP contribution in [-0.4, -0.2) is 77.6 Å². The van der Waals surface area contributed by atoms with E-state index in [1.165, 1.54) is 18.2 Å². The van der Waals surface area contributed by atoms with Crippen LogP contribution in [0.1, 0.15) is 37.7 Å². The first-order valence-corrected chi connectivity index (χ1v) is 15.9. The van der Waals surface area contributed by atoms with Crippen LogP contribution in [0.4, 0.5) is 23.4 Å². The fourth-order valence-electron chi connectivity index (χ4n) is 8.74. The van der Waals surface area contributed by atoms with Crippen LogP contribution in [0, 0.1) is 29.8 Å². The van der Waals surface area contributed by atoms with E-state index in [0.29, 0.717) is 30.7 Å². The summed E-state index contributed by atoms with van der Waals surface area (Å²) in [5.41, 5.74) is -1.05. The molecule has 4 aromatic rings. The summed E-state index contributed by atoms with van der Waals surface area (Å²) in [6.45, 7) is 2.03. The highest BCUT2D eigenvalue weighted by molar-refractivity contribution is 6.05. The minimum Gasteiger partial charge on any atom is -0.487 e. The number of nitrogens with zero attached hydrogens (tertiary/aromatic N) is 4. The van der Waals surface area contributed by atoms with Crippen molar-refractivity contribution in [3.05, 3.63) is 53.3 Å². The number of aromatic nitrogens is 2. The van der Waals surface area contributed by atoms with Crippen molar-refractivity contribution in [1.82, 2.24) is 20.2 Å². The summed E-state index contributed by atoms with van der Waals surface area (Å²) in [6, 6.07) is 7.68. The maximum Gasteiger partial charge on any atom is 0.319 e. The van der Waals surface area contributed by atoms with Gasteiger partial charge in [0.05, 0.1) is 28.1 Å². The Kier molecular flexibility index (Phi) is 6.22. The lowest BCUT2D eigenvalue weighted by molar-refractivity contribution is 0.107. The Hall–Kier alpha value is -4.14. The maximum absolute atomic E-state index is 17.0. The number of nitrogens with one attached hydrogen (secondary N) is 1. The number of hydrogen-bond donors (Lipinski definition) is 1. The molecule has 7 nitrogen and oxygen atoms in total. The molecule has 46 heavy (non-hydrogen) atoms. The van der Waals surface area contributed by atoms with Crippen molar-refractivity contribution in [2.24, 2.45) is 0 Å². The highest BCUT2D eigenvalue weighted by atomic mass is 19.1. The third-order valence-electron chi connectivity index (χ3n) is 10.8. The van der Waals surface area contributed by atoms with Gasteiger partial charge in [-0.15, -0.1) is 6.42 Å². The summed E-state index contributed by atoms with van der Waals surface area (Å²) >= 11 is 0. The molecule has 5 aliphatic rings. The van der Waals surface area contributed by atoms with Gasteiger partial charge in [0.15, 0.2) is 17.4 Å². The number of terminal acetylenes is 1. The van der Waals surface area contributed by atoms with Crippen molar-refractivity contribution in [2.75, 3.05) is 37.7 Å². The molecule has 5 atom stereocenters. The molecule has 236 valence electrons. The Morgan fingerprint density at radius 1 is 1.09 bits per heavy atom. The SMILES string of the molecule is C#Cc1c(F)ccc2cccc(-c3c(F)c4c5c(nc(OC[C@@]67CCCN6C[C@H](F)C7)nc5c3F)N3CC5CCC(N5)C3CO4)c12. The third kappa shape index (κ3) is 3.99. The molecule has 5 aliphatic heterocycles. The number of anilines is 1. The van der Waals surface area contributed by atoms with Gasteiger partial charge in [-0.1, -0.05) is 30.2 Å². The van der Waals surface area contributed by atoms with Gasteiger partial charge in [0.25, 0.3) is 0 Å². The quantitative estimate of drug-likeness (QED) is 0.236. The van der Waals surface area contributed by atoms with E-state index in [1.807, 2.05) is 0 Å². The standard InChI is InChI=1S/C35H31F4N5O2/c1-2-21-23(37)9-7-18-5-3-6-22(26(18)21)27-29(38)31-28-32(30(27)39)45-16-25-24-10-8-20(40-24)15-44(25)33(28)42-34(41-31)46-17-35-11-4-12-43(35)14-19(36)13-35/h1,3,5-7,9,19-20,24-25,40H,4,8,10-17H2/t19-,20?,24?,25?,35+/m1/s1. The number of rotatable bonds is 4. The Labute approximate surface area is 262 Å². The van der Waals surface area contributed by atoms with Gasteiger partial charge in [-0.25, -0.2) is 17.6 Å². The molecule has 4 saturated heterocycles. The second kappa shape index (κ2) is 10.2. The second-order valence-corrected chi connectivity index (χ2v) is 13.3. The lowest BCUT2D eigenvalue weighted by atomic mass is 9.92. The summed E-state index contributed by atoms with van der Waals surface area (Å²) in [7, 11) is 0. The molecular formula is C35H31F4N5O2. The van der Waals surface area contributed by atoms with Crippen LogP contribution in [0.3, 0.4) is 0 Å². The van der Waals surface area contributed by atoms with Crippen LogP contribution in [0.2, 0.25) is 0 Å². The van der Waals surface area contributed by atoms with E-state index >= 15 is 8.78 Å². The van der Waals surface area contributed by atoms with Crippen LogP contribution in [0.5, 0.6) is 11.8 Å². The summed E-state index contributed by atoms with van der Waals surface area (Å²) in [6.07, 6.45) is 8.74. The smallest absolute Gasteiger partial charge is 0.319 e. The molecule has 0 spiro atoms. The van der Waals surface area contributed by atoms with Gasteiger partial charge in [0.2, 0.25) is 0 Å². The zero-order valence-electron chi connectivity index (χ0n) is 25.0. The molecule has 0 radical (unpaired) electrons. The summed E-state index contributed by atoms with van der Waals surface area (Å²) in [5, 5.41) is 4.50. The minimum absolute atomic E-state index is 0.0618. The summed E-state index contributed by atoms with van der Waals surface area (Å²) in [4.78, 5) is 13.5. The van der Waals surface area contributed by atoms with E-state index in [1.54, 1.807) is 12.1 Å². The first-order chi connectivity index (χ1) is 22.3. The van der Waals surface area contributed by atoms with E-state index in [2.05, 4.69) is 26.0 Å². The molecule has 0 saturated carbocycles. The first kappa shape index (κ1) is 28.1. The van der Waals surface area contributed by atoms with Crippen molar-refractivity contribution in [3.8, 4) is 35.2 Å². The zero-order chi connectivity index (χ0) is 31.3. The number of fused-ring (bicyclic) bond motifs is 7. The van der Waals surface area contributed by atoms with Crippen LogP contribution in [0.25, 0.3) is 32.8 Å². The molecule has 2 bridgehead atoms. The fraction of sp³-hybridized carbons (Fsp3) is 0.429. The largest absolute Gasteiger partial charge is 0.487 e. The predicted molar refractivity (Wildman–Crippen MR) is 165 cm³/mol. The topological polar surface area (TPSA) is 62.8 Å². The van der Waals surface area contributed by atoms with Gasteiger partial charge in [0, 0.05) is 37.0 Å². The summed E-state index contributed by atoms with van der Waals surface area (Å²) < 4.78 is 75.8. The molecule has 4 fully saturated rings. The predicted octanol–water partition coefficient (Wildman–Crippen LogP) is 5.51. The van der Waals surface area contributed by atoms with Crippen molar-refractivity contribution in [3.63, 3.8) is 0 Å². The molecule has 11 heteroatoms. The normalized spacial score (nSPS) is 28.2. The van der Waals surface area contributed by atoms with Crippen LogP contribution >= 0.6 is 0 Å². The van der Waals surface area contributed by atoms with E-state index in [-0.39, 0.29) is 70.5 Å². The monoisotopic (exact) mass is 629 g/mol. The van der Waals surface area contributed by atoms with E-state index in [0.717, 1.165) is 32.2 Å². The van der Waals surface area contributed by atoms with Gasteiger partial charge in [-0.3, -0.25) is 4.90 Å². The van der Waals surface area contributed by atoms with E-state index in [9.17, 15) is 8.78 Å². The number of benzene rings is 3. The van der Waals surface area contributed by atoms with E-state index < -0.39 is 34.7 Å². The minimum atomic E-state index is -0.949. The van der Waals surface area contributed by atoms with Gasteiger partial charge < -0.3 is 19.7 Å². The van der Waals surface area contributed by atoms with Crippen molar-refractivity contribution in [2.45, 2.75) is 61.9 Å². The molecule has 0 aliphatic carbocycles. The average molecular weight is 630 g/mol. The number of piperazine rings is 1. The molecule has 6 heterocycles. The first-order valence-electron chi connectivity index (χ1n) is 15.9. The third-order valence-corrected chi connectivity index (χ3v) is 10.8. The lowest BCUT2D eigenvalue weighted by Crippen LogP contribution is -2.60. The fourth-order valence-corrected chi connectivity index (χ4v) is 8.74. The van der Waals surface area contributed by atoms with Crippen LogP contribution in [0.15, 0.2) is 30.3 Å². The highest BCUT2D eigenvalue weighted by Gasteiger charge is 2.50. The molecule has 0 amide bonds. The Bertz CT molecular complexity index is 1980. The number of alkyl halides is 1. The van der Waals surface area contributed by atoms with Crippen molar-refractivity contribution < 1.29 is 27.0 Å². The van der Waals surface area contributed by atoms with Crippen molar-refractivity contribution in [1.29, 1.82) is 0 Å². The Morgan fingerprint density at radius 3 is 2.85 bits per heavy atom. The lowest BCUT2D eigenvalue weighted by Gasteiger charge is -2.40. The average Bonchev–Trinajstić information content (AvgIpc) is 3.68. The Balaban J connectivity index is 1.26. The number of hydrogen-bond acceptors (Lipinski definition) is 7. The molecule has 1 N–H and O–H groups in total. The van der Waals surface area contributed by atoms with Gasteiger partial charge >= 0.3 is 6.01 Å². The Morgan fingerprint density at radius 2 is 1.98 bits per heavy atom. The molecular weight excluding hydrogens is 598 g/mol. The van der Waals surface area contributed by atoms with E-state index in [4.69, 9.17) is 20.9 Å². The maximum atomic E-state index is 17.0. The van der Waals surface area contributed by atoms with Gasteiger partial charge in [-0.2, -0.15) is 9.97 Å². The van der Waals surface area contributed by atoms with Crippen molar-refractivity contribution >= 4 is 27.5 Å². The van der Waals surface area contributed by atoms with Gasteiger partial charge in [0.1, 0.15) is 36.5 Å².